The minimum absolute atomic E-state index is 0.206. The molecule has 29 heavy (non-hydrogen) atoms. The third kappa shape index (κ3) is 4.43. The van der Waals surface area contributed by atoms with Crippen molar-refractivity contribution in [2.75, 3.05) is 23.7 Å². The summed E-state index contributed by atoms with van der Waals surface area (Å²) in [5.74, 6) is 0.834. The lowest BCUT2D eigenvalue weighted by Crippen LogP contribution is -2.43. The summed E-state index contributed by atoms with van der Waals surface area (Å²) in [4.78, 5) is 24.0. The zero-order chi connectivity index (χ0) is 20.1. The summed E-state index contributed by atoms with van der Waals surface area (Å²) >= 11 is 0. The molecule has 0 aliphatic carbocycles. The maximum atomic E-state index is 13.0. The summed E-state index contributed by atoms with van der Waals surface area (Å²) in [6.07, 6.45) is 3.67. The highest BCUT2D eigenvalue weighted by molar-refractivity contribution is 6.10. The summed E-state index contributed by atoms with van der Waals surface area (Å²) in [6.45, 7) is 2.73. The molecule has 0 bridgehead atoms. The van der Waals surface area contributed by atoms with Gasteiger partial charge in [-0.25, -0.2) is 9.97 Å². The normalized spacial score (nSPS) is 14.5. The SMILES string of the molecule is Nc1ncccc1C(=O)c1cccc(N(Cc2ccccc2)C2CCNCC2)n1. The van der Waals surface area contributed by atoms with Crippen LogP contribution in [0.25, 0.3) is 0 Å². The smallest absolute Gasteiger partial charge is 0.215 e. The number of nitrogens with two attached hydrogens (primary N) is 1. The number of carbonyl (C=O) groups is 1. The molecule has 1 aromatic carbocycles. The average molecular weight is 387 g/mol. The van der Waals surface area contributed by atoms with Crippen LogP contribution >= 0.6 is 0 Å². The number of nitrogens with zero attached hydrogens (tertiary/aromatic N) is 3. The Kier molecular flexibility index (Phi) is 5.81. The van der Waals surface area contributed by atoms with Gasteiger partial charge >= 0.3 is 0 Å². The van der Waals surface area contributed by atoms with Crippen LogP contribution in [0.1, 0.15) is 34.5 Å². The van der Waals surface area contributed by atoms with E-state index in [-0.39, 0.29) is 11.6 Å². The predicted molar refractivity (Wildman–Crippen MR) is 115 cm³/mol. The van der Waals surface area contributed by atoms with Crippen LogP contribution in [0.3, 0.4) is 0 Å². The Morgan fingerprint density at radius 2 is 1.83 bits per heavy atom. The Morgan fingerprint density at radius 1 is 1.03 bits per heavy atom. The number of benzene rings is 1. The predicted octanol–water partition coefficient (Wildman–Crippen LogP) is 3.05. The van der Waals surface area contributed by atoms with Crippen molar-refractivity contribution in [1.82, 2.24) is 15.3 Å². The second-order valence-electron chi connectivity index (χ2n) is 7.24. The number of hydrogen-bond acceptors (Lipinski definition) is 6. The zero-order valence-electron chi connectivity index (χ0n) is 16.3. The van der Waals surface area contributed by atoms with Crippen LogP contribution in [0.2, 0.25) is 0 Å². The molecule has 1 aliphatic heterocycles. The Morgan fingerprint density at radius 3 is 2.59 bits per heavy atom. The van der Waals surface area contributed by atoms with Crippen LogP contribution in [0.15, 0.2) is 66.9 Å². The van der Waals surface area contributed by atoms with E-state index >= 15 is 0 Å². The van der Waals surface area contributed by atoms with Gasteiger partial charge in [0.1, 0.15) is 17.3 Å². The van der Waals surface area contributed by atoms with Crippen molar-refractivity contribution in [3.8, 4) is 0 Å². The zero-order valence-corrected chi connectivity index (χ0v) is 16.3. The number of pyridine rings is 2. The summed E-state index contributed by atoms with van der Waals surface area (Å²) in [5, 5.41) is 3.42. The standard InChI is InChI=1S/C23H25N5O/c24-23-19(8-5-13-26-23)22(29)20-9-4-10-21(27-20)28(18-11-14-25-15-12-18)16-17-6-2-1-3-7-17/h1-10,13,18,25H,11-12,14-16H2,(H2,24,26). The first-order chi connectivity index (χ1) is 14.2. The van der Waals surface area contributed by atoms with E-state index in [4.69, 9.17) is 10.7 Å². The highest BCUT2D eigenvalue weighted by Crippen LogP contribution is 2.24. The summed E-state index contributed by atoms with van der Waals surface area (Å²) in [7, 11) is 0. The summed E-state index contributed by atoms with van der Waals surface area (Å²) in [6, 6.07) is 19.8. The van der Waals surface area contributed by atoms with Crippen molar-refractivity contribution < 1.29 is 4.79 Å². The van der Waals surface area contributed by atoms with Gasteiger partial charge in [0.05, 0.1) is 5.56 Å². The minimum Gasteiger partial charge on any atom is -0.383 e. The lowest BCUT2D eigenvalue weighted by atomic mass is 10.0. The van der Waals surface area contributed by atoms with Gasteiger partial charge in [-0.05, 0) is 55.8 Å². The maximum Gasteiger partial charge on any atom is 0.215 e. The number of aromatic nitrogens is 2. The van der Waals surface area contributed by atoms with Crippen molar-refractivity contribution in [3.63, 3.8) is 0 Å². The molecule has 1 fully saturated rings. The summed E-state index contributed by atoms with van der Waals surface area (Å²) in [5.41, 5.74) is 7.89. The van der Waals surface area contributed by atoms with E-state index in [1.54, 1.807) is 24.4 Å². The molecule has 1 saturated heterocycles. The van der Waals surface area contributed by atoms with Gasteiger partial charge in [-0.15, -0.1) is 0 Å². The molecular weight excluding hydrogens is 362 g/mol. The number of piperidine rings is 1. The Bertz CT molecular complexity index is 970. The largest absolute Gasteiger partial charge is 0.383 e. The molecule has 6 nitrogen and oxygen atoms in total. The minimum atomic E-state index is -0.206. The molecular formula is C23H25N5O. The topological polar surface area (TPSA) is 84.1 Å². The molecule has 0 atom stereocenters. The molecule has 6 heteroatoms. The van der Waals surface area contributed by atoms with Crippen LogP contribution in [-0.2, 0) is 6.54 Å². The van der Waals surface area contributed by atoms with E-state index in [9.17, 15) is 4.79 Å². The Hall–Kier alpha value is -3.25. The van der Waals surface area contributed by atoms with Gasteiger partial charge in [-0.2, -0.15) is 0 Å². The Balaban J connectivity index is 1.66. The number of carbonyl (C=O) groups excluding carboxylic acids is 1. The van der Waals surface area contributed by atoms with E-state index in [0.29, 0.717) is 17.3 Å². The molecule has 0 amide bonds. The van der Waals surface area contributed by atoms with Crippen LogP contribution < -0.4 is 16.0 Å². The molecule has 148 valence electrons. The van der Waals surface area contributed by atoms with E-state index in [1.807, 2.05) is 18.2 Å². The van der Waals surface area contributed by atoms with Crippen molar-refractivity contribution in [3.05, 3.63) is 83.7 Å². The van der Waals surface area contributed by atoms with Gasteiger partial charge < -0.3 is 16.0 Å². The van der Waals surface area contributed by atoms with Gasteiger partial charge in [0.25, 0.3) is 0 Å². The highest BCUT2D eigenvalue weighted by atomic mass is 16.1. The number of hydrogen-bond donors (Lipinski definition) is 2. The third-order valence-corrected chi connectivity index (χ3v) is 5.29. The van der Waals surface area contributed by atoms with Crippen molar-refractivity contribution in [2.24, 2.45) is 0 Å². The van der Waals surface area contributed by atoms with Gasteiger partial charge in [-0.3, -0.25) is 4.79 Å². The van der Waals surface area contributed by atoms with Crippen LogP contribution in [0.5, 0.6) is 0 Å². The van der Waals surface area contributed by atoms with Crippen molar-refractivity contribution in [2.45, 2.75) is 25.4 Å². The van der Waals surface area contributed by atoms with Crippen molar-refractivity contribution in [1.29, 1.82) is 0 Å². The Labute approximate surface area is 170 Å². The second-order valence-corrected chi connectivity index (χ2v) is 7.24. The number of rotatable bonds is 6. The molecule has 3 aromatic rings. The quantitative estimate of drug-likeness (QED) is 0.633. The molecule has 4 rings (SSSR count). The molecule has 0 saturated carbocycles. The lowest BCUT2D eigenvalue weighted by Gasteiger charge is -2.36. The average Bonchev–Trinajstić information content (AvgIpc) is 2.79. The lowest BCUT2D eigenvalue weighted by molar-refractivity contribution is 0.103. The molecule has 0 unspecified atom stereocenters. The first kappa shape index (κ1) is 19.1. The molecule has 0 spiro atoms. The van der Waals surface area contributed by atoms with E-state index in [2.05, 4.69) is 39.5 Å². The van der Waals surface area contributed by atoms with Gasteiger partial charge in [-0.1, -0.05) is 36.4 Å². The third-order valence-electron chi connectivity index (χ3n) is 5.29. The number of nitrogens with one attached hydrogen (secondary N) is 1. The number of ketones is 1. The molecule has 2 aromatic heterocycles. The van der Waals surface area contributed by atoms with E-state index < -0.39 is 0 Å². The fourth-order valence-electron chi connectivity index (χ4n) is 3.75. The van der Waals surface area contributed by atoms with E-state index in [0.717, 1.165) is 38.3 Å². The molecule has 0 radical (unpaired) electrons. The van der Waals surface area contributed by atoms with Gasteiger partial charge in [0, 0.05) is 18.8 Å². The molecule has 1 aliphatic rings. The summed E-state index contributed by atoms with van der Waals surface area (Å²) < 4.78 is 0. The fourth-order valence-corrected chi connectivity index (χ4v) is 3.75. The van der Waals surface area contributed by atoms with Crippen LogP contribution in [0.4, 0.5) is 11.6 Å². The first-order valence-corrected chi connectivity index (χ1v) is 9.96. The second kappa shape index (κ2) is 8.84. The van der Waals surface area contributed by atoms with Crippen LogP contribution in [-0.4, -0.2) is 34.9 Å². The number of nitrogen functional groups attached to an aromatic ring is 1. The molecule has 3 heterocycles. The van der Waals surface area contributed by atoms with Gasteiger partial charge in [0.15, 0.2) is 0 Å². The fraction of sp³-hybridized carbons (Fsp3) is 0.261. The van der Waals surface area contributed by atoms with Crippen molar-refractivity contribution >= 4 is 17.4 Å². The van der Waals surface area contributed by atoms with E-state index in [1.165, 1.54) is 5.56 Å². The first-order valence-electron chi connectivity index (χ1n) is 9.96. The number of anilines is 2. The molecule has 3 N–H and O–H groups in total. The maximum absolute atomic E-state index is 13.0. The van der Waals surface area contributed by atoms with Gasteiger partial charge in [0.2, 0.25) is 5.78 Å². The monoisotopic (exact) mass is 387 g/mol. The van der Waals surface area contributed by atoms with Crippen LogP contribution in [0, 0.1) is 0 Å². The highest BCUT2D eigenvalue weighted by Gasteiger charge is 2.24.